The summed E-state index contributed by atoms with van der Waals surface area (Å²) in [5.41, 5.74) is 1.08. The normalized spacial score (nSPS) is 11.1. The molecule has 3 aromatic rings. The summed E-state index contributed by atoms with van der Waals surface area (Å²) < 4.78 is 33.3. The predicted molar refractivity (Wildman–Crippen MR) is 109 cm³/mol. The van der Waals surface area contributed by atoms with Crippen molar-refractivity contribution < 1.29 is 28.2 Å². The number of sulfonamides is 1. The minimum Gasteiger partial charge on any atom is -0.506 e. The SMILES string of the molecule is COc1ccc(-c2ccccc2)cc1NS(=O)(=O)c1cc(Cl)cc(C(=O)O)c1O. The largest absolute Gasteiger partial charge is 0.506 e. The quantitative estimate of drug-likeness (QED) is 0.536. The van der Waals surface area contributed by atoms with E-state index in [0.29, 0.717) is 0 Å². The van der Waals surface area contributed by atoms with Crippen LogP contribution in [-0.2, 0) is 10.0 Å². The zero-order chi connectivity index (χ0) is 21.2. The van der Waals surface area contributed by atoms with Gasteiger partial charge >= 0.3 is 5.97 Å². The van der Waals surface area contributed by atoms with E-state index in [1.54, 1.807) is 18.2 Å². The Labute approximate surface area is 172 Å². The first-order valence-corrected chi connectivity index (χ1v) is 10.1. The number of hydrogen-bond acceptors (Lipinski definition) is 5. The number of rotatable bonds is 6. The van der Waals surface area contributed by atoms with Gasteiger partial charge in [-0.3, -0.25) is 4.72 Å². The Bertz CT molecular complexity index is 1180. The smallest absolute Gasteiger partial charge is 0.339 e. The summed E-state index contributed by atoms with van der Waals surface area (Å²) >= 11 is 5.85. The van der Waals surface area contributed by atoms with Gasteiger partial charge in [0.25, 0.3) is 10.0 Å². The average molecular weight is 434 g/mol. The number of ether oxygens (including phenoxy) is 1. The molecule has 0 radical (unpaired) electrons. The molecule has 0 aliphatic rings. The summed E-state index contributed by atoms with van der Waals surface area (Å²) in [4.78, 5) is 10.6. The van der Waals surface area contributed by atoms with Gasteiger partial charge in [-0.15, -0.1) is 0 Å². The monoisotopic (exact) mass is 433 g/mol. The molecule has 0 amide bonds. The highest BCUT2D eigenvalue weighted by atomic mass is 35.5. The molecule has 0 heterocycles. The van der Waals surface area contributed by atoms with Gasteiger partial charge in [-0.2, -0.15) is 0 Å². The number of hydrogen-bond donors (Lipinski definition) is 3. The van der Waals surface area contributed by atoms with E-state index in [9.17, 15) is 18.3 Å². The number of benzene rings is 3. The minimum atomic E-state index is -4.38. The third-order valence-corrected chi connectivity index (χ3v) is 5.71. The van der Waals surface area contributed by atoms with Crippen molar-refractivity contribution in [2.24, 2.45) is 0 Å². The molecule has 0 saturated heterocycles. The number of phenols is 1. The van der Waals surface area contributed by atoms with Crippen molar-refractivity contribution in [3.8, 4) is 22.6 Å². The molecule has 7 nitrogen and oxygen atoms in total. The van der Waals surface area contributed by atoms with E-state index in [0.717, 1.165) is 23.3 Å². The number of nitrogens with one attached hydrogen (secondary N) is 1. The number of halogens is 1. The zero-order valence-electron chi connectivity index (χ0n) is 15.1. The summed E-state index contributed by atoms with van der Waals surface area (Å²) in [5, 5.41) is 19.2. The maximum atomic E-state index is 12.9. The van der Waals surface area contributed by atoms with Crippen molar-refractivity contribution in [2.45, 2.75) is 4.90 Å². The minimum absolute atomic E-state index is 0.116. The molecule has 0 aromatic heterocycles. The number of carboxylic acids is 1. The van der Waals surface area contributed by atoms with Crippen LogP contribution in [0.15, 0.2) is 65.6 Å². The van der Waals surface area contributed by atoms with E-state index in [2.05, 4.69) is 4.72 Å². The van der Waals surface area contributed by atoms with Crippen molar-refractivity contribution in [1.29, 1.82) is 0 Å². The lowest BCUT2D eigenvalue weighted by atomic mass is 10.1. The third kappa shape index (κ3) is 4.28. The third-order valence-electron chi connectivity index (χ3n) is 4.11. The van der Waals surface area contributed by atoms with Gasteiger partial charge in [0.15, 0.2) is 5.75 Å². The molecule has 3 N–H and O–H groups in total. The Hall–Kier alpha value is -3.23. The summed E-state index contributed by atoms with van der Waals surface area (Å²) in [7, 11) is -3.00. The zero-order valence-corrected chi connectivity index (χ0v) is 16.7. The highest BCUT2D eigenvalue weighted by Crippen LogP contribution is 2.35. The van der Waals surface area contributed by atoms with E-state index in [-0.39, 0.29) is 16.5 Å². The average Bonchev–Trinajstić information content (AvgIpc) is 2.69. The molecule has 0 saturated carbocycles. The molecule has 0 spiro atoms. The maximum absolute atomic E-state index is 12.9. The van der Waals surface area contributed by atoms with Gasteiger partial charge in [-0.25, -0.2) is 13.2 Å². The number of methoxy groups -OCH3 is 1. The maximum Gasteiger partial charge on any atom is 0.339 e. The fourth-order valence-electron chi connectivity index (χ4n) is 2.74. The second-order valence-electron chi connectivity index (χ2n) is 5.99. The molecule has 9 heteroatoms. The lowest BCUT2D eigenvalue weighted by Crippen LogP contribution is -2.15. The summed E-state index contributed by atoms with van der Waals surface area (Å²) in [6, 6.07) is 16.2. The molecule has 3 aromatic carbocycles. The fraction of sp³-hybridized carbons (Fsp3) is 0.0500. The van der Waals surface area contributed by atoms with E-state index in [1.165, 1.54) is 7.11 Å². The first kappa shape index (κ1) is 20.5. The molecule has 0 aliphatic heterocycles. The molecule has 0 aliphatic carbocycles. The van der Waals surface area contributed by atoms with E-state index in [4.69, 9.17) is 21.4 Å². The van der Waals surface area contributed by atoms with Crippen molar-refractivity contribution in [1.82, 2.24) is 0 Å². The van der Waals surface area contributed by atoms with Gasteiger partial charge in [0.2, 0.25) is 0 Å². The molecule has 150 valence electrons. The van der Waals surface area contributed by atoms with Gasteiger partial charge < -0.3 is 14.9 Å². The molecule has 0 fully saturated rings. The Kier molecular flexibility index (Phi) is 5.67. The molecular weight excluding hydrogens is 418 g/mol. The molecule has 0 bridgehead atoms. The highest BCUT2D eigenvalue weighted by Gasteiger charge is 2.26. The van der Waals surface area contributed by atoms with Gasteiger partial charge in [0.1, 0.15) is 16.2 Å². The Morgan fingerprint density at radius 1 is 1.03 bits per heavy atom. The van der Waals surface area contributed by atoms with Crippen LogP contribution in [0.5, 0.6) is 11.5 Å². The predicted octanol–water partition coefficient (Wildman–Crippen LogP) is 4.22. The summed E-state index contributed by atoms with van der Waals surface area (Å²) in [6.45, 7) is 0. The van der Waals surface area contributed by atoms with Crippen LogP contribution in [-0.4, -0.2) is 31.7 Å². The fourth-order valence-corrected chi connectivity index (χ4v) is 4.23. The van der Waals surface area contributed by atoms with Gasteiger partial charge in [0.05, 0.1) is 12.8 Å². The Morgan fingerprint density at radius 2 is 1.72 bits per heavy atom. The van der Waals surface area contributed by atoms with Crippen LogP contribution in [0.4, 0.5) is 5.69 Å². The molecule has 29 heavy (non-hydrogen) atoms. The van der Waals surface area contributed by atoms with E-state index in [1.807, 2.05) is 30.3 Å². The number of aromatic carboxylic acids is 1. The first-order chi connectivity index (χ1) is 13.7. The van der Waals surface area contributed by atoms with Crippen LogP contribution in [0.2, 0.25) is 5.02 Å². The lowest BCUT2D eigenvalue weighted by Gasteiger charge is -2.15. The van der Waals surface area contributed by atoms with Crippen LogP contribution in [0.1, 0.15) is 10.4 Å². The number of anilines is 1. The van der Waals surface area contributed by atoms with Gasteiger partial charge in [-0.1, -0.05) is 48.0 Å². The summed E-state index contributed by atoms with van der Waals surface area (Å²) in [5.74, 6) is -2.18. The number of carbonyl (C=O) groups is 1. The van der Waals surface area contributed by atoms with Crippen molar-refractivity contribution in [3.05, 3.63) is 71.2 Å². The highest BCUT2D eigenvalue weighted by molar-refractivity contribution is 7.92. The van der Waals surface area contributed by atoms with Gasteiger partial charge in [-0.05, 0) is 35.4 Å². The second kappa shape index (κ2) is 8.02. The topological polar surface area (TPSA) is 113 Å². The Balaban J connectivity index is 2.08. The van der Waals surface area contributed by atoms with Gasteiger partial charge in [0, 0.05) is 5.02 Å². The standard InChI is InChI=1S/C20H16ClNO6S/c1-28-17-8-7-13(12-5-3-2-4-6-12)9-16(17)22-29(26,27)18-11-14(21)10-15(19(18)23)20(24)25/h2-11,22-23H,1H3,(H,24,25). The second-order valence-corrected chi connectivity index (χ2v) is 8.08. The molecular formula is C20H16ClNO6S. The van der Waals surface area contributed by atoms with Crippen LogP contribution < -0.4 is 9.46 Å². The van der Waals surface area contributed by atoms with Crippen LogP contribution >= 0.6 is 11.6 Å². The lowest BCUT2D eigenvalue weighted by molar-refractivity contribution is 0.0693. The molecule has 3 rings (SSSR count). The van der Waals surface area contributed by atoms with Crippen LogP contribution in [0.25, 0.3) is 11.1 Å². The van der Waals surface area contributed by atoms with Crippen LogP contribution in [0.3, 0.4) is 0 Å². The van der Waals surface area contributed by atoms with Crippen LogP contribution in [0, 0.1) is 0 Å². The Morgan fingerprint density at radius 3 is 2.34 bits per heavy atom. The molecule has 0 atom stereocenters. The van der Waals surface area contributed by atoms with E-state index < -0.39 is 32.2 Å². The molecule has 0 unspecified atom stereocenters. The summed E-state index contributed by atoms with van der Waals surface area (Å²) in [6.07, 6.45) is 0. The van der Waals surface area contributed by atoms with Crippen molar-refractivity contribution >= 4 is 33.3 Å². The van der Waals surface area contributed by atoms with Crippen molar-refractivity contribution in [2.75, 3.05) is 11.8 Å². The number of carboxylic acid groups (broad SMARTS) is 1. The number of aromatic hydroxyl groups is 1. The van der Waals surface area contributed by atoms with Crippen molar-refractivity contribution in [3.63, 3.8) is 0 Å². The first-order valence-electron chi connectivity index (χ1n) is 8.25. The van der Waals surface area contributed by atoms with E-state index >= 15 is 0 Å².